The highest BCUT2D eigenvalue weighted by Gasteiger charge is 2.52. The number of hydrogen-bond acceptors (Lipinski definition) is 5. The number of methoxy groups -OCH3 is 1. The Kier molecular flexibility index (Phi) is 3.55. The lowest BCUT2D eigenvalue weighted by atomic mass is 9.53. The maximum Gasteiger partial charge on any atom is 0.311 e. The van der Waals surface area contributed by atoms with Crippen molar-refractivity contribution in [1.82, 2.24) is 0 Å². The summed E-state index contributed by atoms with van der Waals surface area (Å²) in [5, 5.41) is 0. The fraction of sp³-hybridized carbons (Fsp3) is 0.923. The van der Waals surface area contributed by atoms with Crippen molar-refractivity contribution in [3.8, 4) is 0 Å². The lowest BCUT2D eigenvalue weighted by Crippen LogP contribution is -2.46. The van der Waals surface area contributed by atoms with Gasteiger partial charge < -0.3 is 4.74 Å². The first kappa shape index (κ1) is 13.4. The molecule has 19 heavy (non-hydrogen) atoms. The van der Waals surface area contributed by atoms with Gasteiger partial charge in [0.2, 0.25) is 0 Å². The van der Waals surface area contributed by atoms with E-state index in [-0.39, 0.29) is 24.4 Å². The van der Waals surface area contributed by atoms with E-state index in [9.17, 15) is 13.2 Å². The summed E-state index contributed by atoms with van der Waals surface area (Å²) in [7, 11) is -2.03. The molecule has 0 spiro atoms. The number of ether oxygens (including phenoxy) is 1. The van der Waals surface area contributed by atoms with Crippen LogP contribution in [0.3, 0.4) is 0 Å². The summed E-state index contributed by atoms with van der Waals surface area (Å²) in [5.74, 6) is -0.199. The van der Waals surface area contributed by atoms with Crippen LogP contribution in [-0.2, 0) is 23.8 Å². The summed E-state index contributed by atoms with van der Waals surface area (Å²) in [6.45, 7) is 0.124. The van der Waals surface area contributed by atoms with Crippen LogP contribution in [-0.4, -0.2) is 34.4 Å². The van der Waals surface area contributed by atoms with Crippen LogP contribution in [0, 0.1) is 10.8 Å². The van der Waals surface area contributed by atoms with Gasteiger partial charge in [-0.25, -0.2) is 0 Å². The molecule has 0 aromatic heterocycles. The Morgan fingerprint density at radius 1 is 1.26 bits per heavy atom. The smallest absolute Gasteiger partial charge is 0.311 e. The second-order valence-corrected chi connectivity index (χ2v) is 7.46. The molecule has 1 unspecified atom stereocenters. The molecule has 110 valence electrons. The van der Waals surface area contributed by atoms with E-state index in [2.05, 4.69) is 0 Å². The fourth-order valence-corrected chi connectivity index (χ4v) is 3.68. The van der Waals surface area contributed by atoms with Gasteiger partial charge in [-0.15, -0.1) is 0 Å². The maximum absolute atomic E-state index is 11.9. The minimum absolute atomic E-state index is 0.124. The van der Waals surface area contributed by atoms with Crippen LogP contribution in [0.15, 0.2) is 0 Å². The number of fused-ring (bicyclic) bond motifs is 3. The highest BCUT2D eigenvalue weighted by atomic mass is 32.2. The van der Waals surface area contributed by atoms with E-state index < -0.39 is 15.5 Å². The topological polar surface area (TPSA) is 69.7 Å². The van der Waals surface area contributed by atoms with E-state index >= 15 is 0 Å². The monoisotopic (exact) mass is 291 g/mol. The van der Waals surface area contributed by atoms with E-state index in [0.29, 0.717) is 12.8 Å². The molecule has 0 heterocycles. The van der Waals surface area contributed by atoms with Crippen LogP contribution in [0.25, 0.3) is 0 Å². The zero-order valence-electron chi connectivity index (χ0n) is 12.5. The van der Waals surface area contributed by atoms with Crippen molar-refractivity contribution in [2.45, 2.75) is 44.9 Å². The van der Waals surface area contributed by atoms with Gasteiger partial charge in [-0.3, -0.25) is 8.98 Å². The molecule has 0 amide bonds. The van der Waals surface area contributed by atoms with Crippen LogP contribution < -0.4 is 0 Å². The molecule has 1 atom stereocenters. The summed E-state index contributed by atoms with van der Waals surface area (Å²) < 4.78 is 40.0. The third-order valence-corrected chi connectivity index (χ3v) is 5.24. The molecule has 3 aliphatic carbocycles. The van der Waals surface area contributed by atoms with Gasteiger partial charge in [-0.2, -0.15) is 8.42 Å². The molecular formula is C13H22O5S. The molecule has 2 bridgehead atoms. The van der Waals surface area contributed by atoms with Crippen molar-refractivity contribution in [2.24, 2.45) is 10.8 Å². The number of hydrogen-bond donors (Lipinski definition) is 0. The first-order chi connectivity index (χ1) is 9.23. The van der Waals surface area contributed by atoms with Gasteiger partial charge in [-0.05, 0) is 50.3 Å². The standard InChI is InChI=1S/C13H22O5S/c1-17-11(14)13-6-3-12(4-7-13,5-8-13)9-10-18-19(2,15)16/h3-10H2,1-2H3/i3D. The van der Waals surface area contributed by atoms with Crippen molar-refractivity contribution in [3.63, 3.8) is 0 Å². The highest BCUT2D eigenvalue weighted by Crippen LogP contribution is 2.58. The third-order valence-electron chi connectivity index (χ3n) is 4.64. The molecule has 5 nitrogen and oxygen atoms in total. The molecule has 3 rings (SSSR count). The van der Waals surface area contributed by atoms with Crippen LogP contribution >= 0.6 is 0 Å². The first-order valence-electron chi connectivity index (χ1n) is 7.16. The molecule has 3 aliphatic rings. The fourth-order valence-electron chi connectivity index (χ4n) is 3.30. The van der Waals surface area contributed by atoms with Crippen molar-refractivity contribution < 1.29 is 23.5 Å². The van der Waals surface area contributed by atoms with Crippen LogP contribution in [0.5, 0.6) is 0 Å². The second kappa shape index (κ2) is 5.05. The minimum atomic E-state index is -3.43. The molecule has 0 saturated heterocycles. The Labute approximate surface area is 116 Å². The van der Waals surface area contributed by atoms with E-state index in [4.69, 9.17) is 10.3 Å². The molecule has 0 radical (unpaired) electrons. The van der Waals surface area contributed by atoms with Gasteiger partial charge >= 0.3 is 5.97 Å². The van der Waals surface area contributed by atoms with Gasteiger partial charge in [0.05, 0.1) is 25.4 Å². The lowest BCUT2D eigenvalue weighted by Gasteiger charge is -2.51. The molecule has 0 aromatic carbocycles. The molecule has 6 heteroatoms. The Hall–Kier alpha value is -0.620. The number of rotatable bonds is 5. The summed E-state index contributed by atoms with van der Waals surface area (Å²) in [4.78, 5) is 11.9. The maximum atomic E-state index is 11.9. The Bertz CT molecular complexity index is 479. The van der Waals surface area contributed by atoms with Gasteiger partial charge in [0.15, 0.2) is 0 Å². The number of esters is 1. The predicted molar refractivity (Wildman–Crippen MR) is 70.0 cm³/mol. The van der Waals surface area contributed by atoms with E-state index in [1.54, 1.807) is 0 Å². The molecule has 0 aliphatic heterocycles. The third kappa shape index (κ3) is 3.11. The van der Waals surface area contributed by atoms with Crippen LogP contribution in [0.1, 0.15) is 46.3 Å². The summed E-state index contributed by atoms with van der Waals surface area (Å²) in [5.41, 5.74) is -0.693. The largest absolute Gasteiger partial charge is 0.469 e. The van der Waals surface area contributed by atoms with Crippen molar-refractivity contribution >= 4 is 16.1 Å². The van der Waals surface area contributed by atoms with Crippen molar-refractivity contribution in [3.05, 3.63) is 0 Å². The first-order valence-corrected chi connectivity index (χ1v) is 8.40. The highest BCUT2D eigenvalue weighted by molar-refractivity contribution is 7.85. The van der Waals surface area contributed by atoms with E-state index in [1.165, 1.54) is 7.11 Å². The van der Waals surface area contributed by atoms with Crippen molar-refractivity contribution in [2.75, 3.05) is 20.0 Å². The predicted octanol–water partition coefficient (Wildman–Crippen LogP) is 1.87. The number of carbonyl (C=O) groups excluding carboxylic acids is 1. The molecule has 0 N–H and O–H groups in total. The average Bonchev–Trinajstić information content (AvgIpc) is 2.38. The molecular weight excluding hydrogens is 268 g/mol. The lowest BCUT2D eigenvalue weighted by molar-refractivity contribution is -0.163. The average molecular weight is 291 g/mol. The Balaban J connectivity index is 2.02. The summed E-state index contributed by atoms with van der Waals surface area (Å²) >= 11 is 0. The van der Waals surface area contributed by atoms with Gasteiger partial charge in [-0.1, -0.05) is 0 Å². The van der Waals surface area contributed by atoms with Crippen LogP contribution in [0.4, 0.5) is 0 Å². The van der Waals surface area contributed by atoms with E-state index in [0.717, 1.165) is 31.9 Å². The van der Waals surface area contributed by atoms with Gasteiger partial charge in [0, 0.05) is 1.37 Å². The SMILES string of the molecule is [2H]C1CC2(C(=O)OC)CCC1(CCOS(C)(=O)=O)CC2. The van der Waals surface area contributed by atoms with Crippen molar-refractivity contribution in [1.29, 1.82) is 0 Å². The van der Waals surface area contributed by atoms with Crippen LogP contribution in [0.2, 0.25) is 0 Å². The van der Waals surface area contributed by atoms with Gasteiger partial charge in [0.25, 0.3) is 10.1 Å². The normalized spacial score (nSPS) is 38.8. The second-order valence-electron chi connectivity index (χ2n) is 5.82. The quantitative estimate of drug-likeness (QED) is 0.571. The molecule has 3 fully saturated rings. The zero-order valence-corrected chi connectivity index (χ0v) is 12.3. The zero-order chi connectivity index (χ0) is 15.0. The van der Waals surface area contributed by atoms with Gasteiger partial charge in [0.1, 0.15) is 0 Å². The molecule has 3 saturated carbocycles. The Morgan fingerprint density at radius 3 is 2.37 bits per heavy atom. The minimum Gasteiger partial charge on any atom is -0.469 e. The Morgan fingerprint density at radius 2 is 1.89 bits per heavy atom. The summed E-state index contributed by atoms with van der Waals surface area (Å²) in [6, 6.07) is 0. The molecule has 0 aromatic rings. The number of carbonyl (C=O) groups is 1. The summed E-state index contributed by atoms with van der Waals surface area (Å²) in [6.07, 6.45) is 4.75. The van der Waals surface area contributed by atoms with E-state index in [1.807, 2.05) is 0 Å².